The first-order valence-corrected chi connectivity index (χ1v) is 7.54. The van der Waals surface area contributed by atoms with Crippen LogP contribution < -0.4 is 10.1 Å². The van der Waals surface area contributed by atoms with Crippen molar-refractivity contribution in [3.8, 4) is 5.75 Å². The number of carbonyl (C=O) groups is 1. The molecule has 21 heavy (non-hydrogen) atoms. The number of amides is 1. The Labute approximate surface area is 128 Å². The van der Waals surface area contributed by atoms with Gasteiger partial charge in [-0.2, -0.15) is 0 Å². The van der Waals surface area contributed by atoms with Crippen molar-refractivity contribution in [3.63, 3.8) is 0 Å². The van der Waals surface area contributed by atoms with Crippen LogP contribution in [0.5, 0.6) is 5.75 Å². The van der Waals surface area contributed by atoms with Crippen LogP contribution in [0.15, 0.2) is 53.7 Å². The number of hydrogen-bond acceptors (Lipinski definition) is 4. The summed E-state index contributed by atoms with van der Waals surface area (Å²) in [5, 5.41) is 2.78. The first kappa shape index (κ1) is 15.4. The van der Waals surface area contributed by atoms with Gasteiger partial charge in [0.15, 0.2) is 0 Å². The van der Waals surface area contributed by atoms with Crippen molar-refractivity contribution in [1.82, 2.24) is 10.3 Å². The van der Waals surface area contributed by atoms with Gasteiger partial charge in [0, 0.05) is 23.8 Å². The van der Waals surface area contributed by atoms with Crippen molar-refractivity contribution in [2.75, 3.05) is 7.11 Å². The van der Waals surface area contributed by atoms with E-state index in [1.165, 1.54) is 11.8 Å². The lowest BCUT2D eigenvalue weighted by atomic mass is 10.2. The number of nitrogens with one attached hydrogen (secondary N) is 1. The monoisotopic (exact) mass is 302 g/mol. The summed E-state index contributed by atoms with van der Waals surface area (Å²) in [6.45, 7) is 2.42. The highest BCUT2D eigenvalue weighted by atomic mass is 32.2. The highest BCUT2D eigenvalue weighted by molar-refractivity contribution is 8.00. The van der Waals surface area contributed by atoms with Crippen LogP contribution in [0, 0.1) is 0 Å². The van der Waals surface area contributed by atoms with E-state index in [0.29, 0.717) is 6.54 Å². The van der Waals surface area contributed by atoms with Gasteiger partial charge in [0.2, 0.25) is 5.91 Å². The average Bonchev–Trinajstić information content (AvgIpc) is 2.54. The molecule has 2 rings (SSSR count). The molecular weight excluding hydrogens is 284 g/mol. The fraction of sp³-hybridized carbons (Fsp3) is 0.250. The third-order valence-electron chi connectivity index (χ3n) is 2.96. The number of nitrogens with zero attached hydrogens (tertiary/aromatic N) is 1. The van der Waals surface area contributed by atoms with Gasteiger partial charge in [-0.3, -0.25) is 9.78 Å². The van der Waals surface area contributed by atoms with Crippen LogP contribution in [0.1, 0.15) is 12.5 Å². The van der Waals surface area contributed by atoms with Gasteiger partial charge < -0.3 is 10.1 Å². The summed E-state index contributed by atoms with van der Waals surface area (Å²) in [6.07, 6.45) is 3.44. The van der Waals surface area contributed by atoms with Crippen LogP contribution in [0.4, 0.5) is 0 Å². The molecule has 0 saturated carbocycles. The van der Waals surface area contributed by atoms with Crippen LogP contribution in [-0.2, 0) is 11.3 Å². The van der Waals surface area contributed by atoms with Gasteiger partial charge in [0.05, 0.1) is 12.4 Å². The predicted molar refractivity (Wildman–Crippen MR) is 84.4 cm³/mol. The number of pyridine rings is 1. The van der Waals surface area contributed by atoms with Crippen molar-refractivity contribution in [1.29, 1.82) is 0 Å². The average molecular weight is 302 g/mol. The molecule has 0 saturated heterocycles. The SMILES string of the molecule is COc1ccc(SC(C)C(=O)NCc2ccncc2)cc1. The number of thioether (sulfide) groups is 1. The maximum Gasteiger partial charge on any atom is 0.233 e. The number of benzene rings is 1. The smallest absolute Gasteiger partial charge is 0.233 e. The molecule has 0 bridgehead atoms. The Kier molecular flexibility index (Phi) is 5.63. The summed E-state index contributed by atoms with van der Waals surface area (Å²) in [4.78, 5) is 17.1. The number of ether oxygens (including phenoxy) is 1. The summed E-state index contributed by atoms with van der Waals surface area (Å²) in [5.74, 6) is 0.835. The zero-order valence-corrected chi connectivity index (χ0v) is 12.9. The van der Waals surface area contributed by atoms with Gasteiger partial charge in [-0.15, -0.1) is 11.8 Å². The lowest BCUT2D eigenvalue weighted by molar-refractivity contribution is -0.120. The van der Waals surface area contributed by atoms with E-state index in [2.05, 4.69) is 10.3 Å². The van der Waals surface area contributed by atoms with E-state index >= 15 is 0 Å². The number of aromatic nitrogens is 1. The molecule has 0 radical (unpaired) electrons. The summed E-state index contributed by atoms with van der Waals surface area (Å²) in [7, 11) is 1.64. The minimum atomic E-state index is -0.153. The quantitative estimate of drug-likeness (QED) is 0.834. The minimum absolute atomic E-state index is 0.0210. The topological polar surface area (TPSA) is 51.2 Å². The molecule has 1 amide bonds. The Morgan fingerprint density at radius 2 is 1.90 bits per heavy atom. The molecule has 2 aromatic rings. The zero-order chi connectivity index (χ0) is 15.1. The van der Waals surface area contributed by atoms with Gasteiger partial charge in [-0.25, -0.2) is 0 Å². The first-order valence-electron chi connectivity index (χ1n) is 6.66. The fourth-order valence-electron chi connectivity index (χ4n) is 1.75. The van der Waals surface area contributed by atoms with Crippen molar-refractivity contribution >= 4 is 17.7 Å². The molecule has 0 aliphatic carbocycles. The van der Waals surface area contributed by atoms with Crippen LogP contribution >= 0.6 is 11.8 Å². The summed E-state index contributed by atoms with van der Waals surface area (Å²) < 4.78 is 5.12. The van der Waals surface area contributed by atoms with Gasteiger partial charge in [-0.05, 0) is 48.9 Å². The van der Waals surface area contributed by atoms with E-state index in [0.717, 1.165) is 16.2 Å². The van der Waals surface area contributed by atoms with E-state index in [-0.39, 0.29) is 11.2 Å². The van der Waals surface area contributed by atoms with Crippen LogP contribution in [0.25, 0.3) is 0 Å². The zero-order valence-electron chi connectivity index (χ0n) is 12.1. The van der Waals surface area contributed by atoms with Gasteiger partial charge in [0.25, 0.3) is 0 Å². The summed E-state index contributed by atoms with van der Waals surface area (Å²) in [6, 6.07) is 11.5. The Hall–Kier alpha value is -2.01. The standard InChI is InChI=1S/C16H18N2O2S/c1-12(21-15-5-3-14(20-2)4-6-15)16(19)18-11-13-7-9-17-10-8-13/h3-10,12H,11H2,1-2H3,(H,18,19). The lowest BCUT2D eigenvalue weighted by Crippen LogP contribution is -2.30. The highest BCUT2D eigenvalue weighted by Crippen LogP contribution is 2.25. The van der Waals surface area contributed by atoms with E-state index in [4.69, 9.17) is 4.74 Å². The van der Waals surface area contributed by atoms with E-state index in [9.17, 15) is 4.79 Å². The van der Waals surface area contributed by atoms with Crippen LogP contribution in [0.3, 0.4) is 0 Å². The molecule has 0 fully saturated rings. The molecular formula is C16H18N2O2S. The van der Waals surface area contributed by atoms with Crippen molar-refractivity contribution < 1.29 is 9.53 Å². The molecule has 1 atom stereocenters. The summed E-state index contributed by atoms with van der Waals surface area (Å²) >= 11 is 1.53. The van der Waals surface area contributed by atoms with Crippen molar-refractivity contribution in [3.05, 3.63) is 54.4 Å². The Morgan fingerprint density at radius 3 is 2.52 bits per heavy atom. The van der Waals surface area contributed by atoms with Gasteiger partial charge in [-0.1, -0.05) is 0 Å². The van der Waals surface area contributed by atoms with Gasteiger partial charge in [0.1, 0.15) is 5.75 Å². The van der Waals surface area contributed by atoms with E-state index in [1.54, 1.807) is 19.5 Å². The molecule has 0 aliphatic heterocycles. The third kappa shape index (κ3) is 4.79. The molecule has 1 unspecified atom stereocenters. The van der Waals surface area contributed by atoms with E-state index < -0.39 is 0 Å². The van der Waals surface area contributed by atoms with Crippen LogP contribution in [0.2, 0.25) is 0 Å². The summed E-state index contributed by atoms with van der Waals surface area (Å²) in [5.41, 5.74) is 1.04. The fourth-order valence-corrected chi connectivity index (χ4v) is 2.64. The second-order valence-corrected chi connectivity index (χ2v) is 5.92. The molecule has 4 nitrogen and oxygen atoms in total. The van der Waals surface area contributed by atoms with Gasteiger partial charge >= 0.3 is 0 Å². The maximum absolute atomic E-state index is 12.1. The largest absolute Gasteiger partial charge is 0.497 e. The maximum atomic E-state index is 12.1. The number of rotatable bonds is 6. The Balaban J connectivity index is 1.84. The molecule has 0 spiro atoms. The molecule has 110 valence electrons. The minimum Gasteiger partial charge on any atom is -0.497 e. The molecule has 1 aromatic heterocycles. The number of hydrogen-bond donors (Lipinski definition) is 1. The Morgan fingerprint density at radius 1 is 1.24 bits per heavy atom. The molecule has 1 N–H and O–H groups in total. The van der Waals surface area contributed by atoms with Crippen molar-refractivity contribution in [2.45, 2.75) is 23.6 Å². The molecule has 5 heteroatoms. The lowest BCUT2D eigenvalue weighted by Gasteiger charge is -2.12. The molecule has 1 heterocycles. The first-order chi connectivity index (χ1) is 10.2. The normalized spacial score (nSPS) is 11.7. The molecule has 0 aliphatic rings. The number of carbonyl (C=O) groups excluding carboxylic acids is 1. The second kappa shape index (κ2) is 7.69. The third-order valence-corrected chi connectivity index (χ3v) is 4.07. The van der Waals surface area contributed by atoms with Crippen molar-refractivity contribution in [2.24, 2.45) is 0 Å². The number of methoxy groups -OCH3 is 1. The van der Waals surface area contributed by atoms with Crippen LogP contribution in [-0.4, -0.2) is 23.3 Å². The molecule has 1 aromatic carbocycles. The second-order valence-electron chi connectivity index (χ2n) is 4.51. The van der Waals surface area contributed by atoms with E-state index in [1.807, 2.05) is 43.3 Å². The highest BCUT2D eigenvalue weighted by Gasteiger charge is 2.13. The predicted octanol–water partition coefficient (Wildman–Crippen LogP) is 2.89. The Bertz CT molecular complexity index is 573.